The summed E-state index contributed by atoms with van der Waals surface area (Å²) in [6, 6.07) is 6.49. The molecule has 2 aromatic rings. The number of hydrogen-bond donors (Lipinski definition) is 1. The Kier molecular flexibility index (Phi) is 3.24. The van der Waals surface area contributed by atoms with E-state index < -0.39 is 0 Å². The average Bonchev–Trinajstić information content (AvgIpc) is 2.21. The molecule has 3 nitrogen and oxygen atoms in total. The molecule has 0 spiro atoms. The van der Waals surface area contributed by atoms with E-state index >= 15 is 0 Å². The fourth-order valence-corrected chi connectivity index (χ4v) is 1.68. The van der Waals surface area contributed by atoms with Crippen molar-refractivity contribution in [3.8, 4) is 0 Å². The number of aryl methyl sites for hydroxylation is 2. The van der Waals surface area contributed by atoms with Gasteiger partial charge in [0, 0.05) is 6.07 Å². The Morgan fingerprint density at radius 3 is 2.59 bits per heavy atom. The molecule has 0 amide bonds. The molecule has 88 valence electrons. The van der Waals surface area contributed by atoms with Gasteiger partial charge in [-0.15, -0.1) is 0 Å². The van der Waals surface area contributed by atoms with Crippen LogP contribution in [0.25, 0.3) is 0 Å². The molecule has 0 aliphatic rings. The average molecular weight is 252 g/mol. The van der Waals surface area contributed by atoms with Crippen molar-refractivity contribution >= 4 is 23.1 Å². The minimum atomic E-state index is -0.322. The molecule has 1 aromatic carbocycles. The third-order valence-corrected chi connectivity index (χ3v) is 2.39. The SMILES string of the molecule is Cc1ccc(Nc2cc(Cl)nc(C)n2)c(F)c1. The summed E-state index contributed by atoms with van der Waals surface area (Å²) in [5.41, 5.74) is 1.23. The largest absolute Gasteiger partial charge is 0.338 e. The smallest absolute Gasteiger partial charge is 0.146 e. The predicted octanol–water partition coefficient (Wildman–Crippen LogP) is 3.63. The van der Waals surface area contributed by atoms with E-state index in [1.807, 2.05) is 13.0 Å². The van der Waals surface area contributed by atoms with Crippen molar-refractivity contribution in [3.05, 3.63) is 46.6 Å². The van der Waals surface area contributed by atoms with Gasteiger partial charge in [0.1, 0.15) is 22.6 Å². The summed E-state index contributed by atoms with van der Waals surface area (Å²) in [4.78, 5) is 8.05. The topological polar surface area (TPSA) is 37.8 Å². The van der Waals surface area contributed by atoms with Crippen LogP contribution >= 0.6 is 11.6 Å². The number of benzene rings is 1. The molecule has 0 fully saturated rings. The first kappa shape index (κ1) is 11.8. The summed E-state index contributed by atoms with van der Waals surface area (Å²) >= 11 is 5.80. The molecule has 0 radical (unpaired) electrons. The van der Waals surface area contributed by atoms with E-state index in [-0.39, 0.29) is 5.82 Å². The molecule has 1 aromatic heterocycles. The zero-order valence-electron chi connectivity index (χ0n) is 9.46. The first-order chi connectivity index (χ1) is 8.04. The van der Waals surface area contributed by atoms with E-state index in [0.29, 0.717) is 22.5 Å². The Morgan fingerprint density at radius 2 is 1.94 bits per heavy atom. The lowest BCUT2D eigenvalue weighted by Crippen LogP contribution is -1.99. The predicted molar refractivity (Wildman–Crippen MR) is 66.2 cm³/mol. The van der Waals surface area contributed by atoms with Gasteiger partial charge in [0.2, 0.25) is 0 Å². The van der Waals surface area contributed by atoms with Crippen molar-refractivity contribution in [2.24, 2.45) is 0 Å². The van der Waals surface area contributed by atoms with E-state index in [2.05, 4.69) is 15.3 Å². The summed E-state index contributed by atoms with van der Waals surface area (Å²) in [5, 5.41) is 3.20. The molecular formula is C12H11ClFN3. The quantitative estimate of drug-likeness (QED) is 0.829. The maximum Gasteiger partial charge on any atom is 0.146 e. The standard InChI is InChI=1S/C12H11ClFN3/c1-7-3-4-10(9(14)5-7)17-12-6-11(13)15-8(2)16-12/h3-6H,1-2H3,(H,15,16,17). The third kappa shape index (κ3) is 2.91. The first-order valence-electron chi connectivity index (χ1n) is 5.09. The lowest BCUT2D eigenvalue weighted by atomic mass is 10.2. The van der Waals surface area contributed by atoms with E-state index in [0.717, 1.165) is 5.56 Å². The highest BCUT2D eigenvalue weighted by Crippen LogP contribution is 2.21. The van der Waals surface area contributed by atoms with Gasteiger partial charge < -0.3 is 5.32 Å². The molecule has 0 bridgehead atoms. The fourth-order valence-electron chi connectivity index (χ4n) is 1.45. The van der Waals surface area contributed by atoms with Gasteiger partial charge in [-0.2, -0.15) is 0 Å². The maximum absolute atomic E-state index is 13.6. The summed E-state index contributed by atoms with van der Waals surface area (Å²) in [6.07, 6.45) is 0. The Hall–Kier alpha value is -1.68. The van der Waals surface area contributed by atoms with E-state index in [1.54, 1.807) is 19.1 Å². The van der Waals surface area contributed by atoms with Crippen LogP contribution in [0.1, 0.15) is 11.4 Å². The van der Waals surface area contributed by atoms with Crippen molar-refractivity contribution in [3.63, 3.8) is 0 Å². The highest BCUT2D eigenvalue weighted by Gasteiger charge is 2.05. The minimum absolute atomic E-state index is 0.322. The molecule has 17 heavy (non-hydrogen) atoms. The summed E-state index contributed by atoms with van der Waals surface area (Å²) in [7, 11) is 0. The van der Waals surface area contributed by atoms with Crippen LogP contribution in [0.5, 0.6) is 0 Å². The second kappa shape index (κ2) is 4.67. The highest BCUT2D eigenvalue weighted by atomic mass is 35.5. The molecule has 0 aliphatic heterocycles. The van der Waals surface area contributed by atoms with Crippen molar-refractivity contribution in [2.45, 2.75) is 13.8 Å². The highest BCUT2D eigenvalue weighted by molar-refractivity contribution is 6.29. The molecule has 0 aliphatic carbocycles. The zero-order valence-corrected chi connectivity index (χ0v) is 10.2. The van der Waals surface area contributed by atoms with Gasteiger partial charge in [-0.3, -0.25) is 0 Å². The molecule has 0 saturated carbocycles. The van der Waals surface area contributed by atoms with Gasteiger partial charge >= 0.3 is 0 Å². The molecule has 5 heteroatoms. The molecule has 0 saturated heterocycles. The van der Waals surface area contributed by atoms with Crippen molar-refractivity contribution in [1.82, 2.24) is 9.97 Å². The Balaban J connectivity index is 2.31. The van der Waals surface area contributed by atoms with Gasteiger partial charge in [-0.1, -0.05) is 17.7 Å². The third-order valence-electron chi connectivity index (χ3n) is 2.19. The van der Waals surface area contributed by atoms with Crippen LogP contribution in [-0.2, 0) is 0 Å². The van der Waals surface area contributed by atoms with Crippen LogP contribution in [0, 0.1) is 19.7 Å². The molecule has 1 heterocycles. The first-order valence-corrected chi connectivity index (χ1v) is 5.47. The fraction of sp³-hybridized carbons (Fsp3) is 0.167. The van der Waals surface area contributed by atoms with Crippen LogP contribution in [0.2, 0.25) is 5.15 Å². The monoisotopic (exact) mass is 251 g/mol. The van der Waals surface area contributed by atoms with Crippen LogP contribution in [0.4, 0.5) is 15.9 Å². The van der Waals surface area contributed by atoms with E-state index in [9.17, 15) is 4.39 Å². The number of halogens is 2. The van der Waals surface area contributed by atoms with Crippen LogP contribution in [-0.4, -0.2) is 9.97 Å². The number of nitrogens with zero attached hydrogens (tertiary/aromatic N) is 2. The number of aromatic nitrogens is 2. The van der Waals surface area contributed by atoms with Gasteiger partial charge in [-0.25, -0.2) is 14.4 Å². The second-order valence-electron chi connectivity index (χ2n) is 3.73. The number of anilines is 2. The van der Waals surface area contributed by atoms with Gasteiger partial charge in [0.15, 0.2) is 0 Å². The summed E-state index contributed by atoms with van der Waals surface area (Å²) in [6.45, 7) is 3.56. The molecule has 0 unspecified atom stereocenters. The molecule has 1 N–H and O–H groups in total. The minimum Gasteiger partial charge on any atom is -0.338 e. The van der Waals surface area contributed by atoms with E-state index in [4.69, 9.17) is 11.6 Å². The Bertz CT molecular complexity index is 537. The Labute approximate surface area is 104 Å². The van der Waals surface area contributed by atoms with E-state index in [1.165, 1.54) is 6.07 Å². The Morgan fingerprint density at radius 1 is 1.18 bits per heavy atom. The normalized spacial score (nSPS) is 10.4. The number of rotatable bonds is 2. The second-order valence-corrected chi connectivity index (χ2v) is 4.12. The number of nitrogens with one attached hydrogen (secondary N) is 1. The van der Waals surface area contributed by atoms with Crippen LogP contribution < -0.4 is 5.32 Å². The van der Waals surface area contributed by atoms with Crippen LogP contribution in [0.15, 0.2) is 24.3 Å². The van der Waals surface area contributed by atoms with Crippen molar-refractivity contribution < 1.29 is 4.39 Å². The van der Waals surface area contributed by atoms with Crippen molar-refractivity contribution in [1.29, 1.82) is 0 Å². The molecule has 0 atom stereocenters. The molecule has 2 rings (SSSR count). The lowest BCUT2D eigenvalue weighted by molar-refractivity contribution is 0.630. The maximum atomic E-state index is 13.6. The molecular weight excluding hydrogens is 241 g/mol. The lowest BCUT2D eigenvalue weighted by Gasteiger charge is -2.08. The van der Waals surface area contributed by atoms with Gasteiger partial charge in [-0.05, 0) is 31.5 Å². The number of hydrogen-bond acceptors (Lipinski definition) is 3. The zero-order chi connectivity index (χ0) is 12.4. The summed E-state index contributed by atoms with van der Waals surface area (Å²) < 4.78 is 13.6. The van der Waals surface area contributed by atoms with Gasteiger partial charge in [0.25, 0.3) is 0 Å². The van der Waals surface area contributed by atoms with Crippen molar-refractivity contribution in [2.75, 3.05) is 5.32 Å². The van der Waals surface area contributed by atoms with Crippen LogP contribution in [0.3, 0.4) is 0 Å². The van der Waals surface area contributed by atoms with Gasteiger partial charge in [0.05, 0.1) is 5.69 Å². The summed E-state index contributed by atoms with van der Waals surface area (Å²) in [5.74, 6) is 0.690.